The van der Waals surface area contributed by atoms with Crippen molar-refractivity contribution in [3.63, 3.8) is 0 Å². The van der Waals surface area contributed by atoms with Gasteiger partial charge in [0, 0.05) is 18.5 Å². The summed E-state index contributed by atoms with van der Waals surface area (Å²) in [5.74, 6) is -1.04. The minimum absolute atomic E-state index is 0.0542. The Morgan fingerprint density at radius 3 is 2.25 bits per heavy atom. The van der Waals surface area contributed by atoms with E-state index in [1.54, 1.807) is 6.07 Å². The Morgan fingerprint density at radius 1 is 0.929 bits per heavy atom. The van der Waals surface area contributed by atoms with Crippen LogP contribution in [0.3, 0.4) is 0 Å². The van der Waals surface area contributed by atoms with Gasteiger partial charge in [0.05, 0.1) is 6.42 Å². The number of esters is 1. The number of benzene rings is 2. The van der Waals surface area contributed by atoms with E-state index in [1.165, 1.54) is 6.92 Å². The van der Waals surface area contributed by atoms with Crippen molar-refractivity contribution < 1.29 is 19.1 Å². The highest BCUT2D eigenvalue weighted by Crippen LogP contribution is 2.13. The molecule has 2 rings (SSSR count). The molecule has 2 aromatic rings. The minimum atomic E-state index is -0.908. The van der Waals surface area contributed by atoms with Gasteiger partial charge in [-0.3, -0.25) is 14.4 Å². The van der Waals surface area contributed by atoms with Crippen LogP contribution in [-0.4, -0.2) is 23.8 Å². The SMILES string of the molecule is Cc1ccc(CNC(=O)C(C)OC(=O)CCC(=O)c2ccc(C)c(C)c2)cc1. The predicted molar refractivity (Wildman–Crippen MR) is 108 cm³/mol. The molecule has 1 atom stereocenters. The van der Waals surface area contributed by atoms with Crippen LogP contribution in [0.25, 0.3) is 0 Å². The molecule has 0 saturated carbocycles. The average Bonchev–Trinajstić information content (AvgIpc) is 2.67. The molecule has 5 nitrogen and oxygen atoms in total. The third-order valence-electron chi connectivity index (χ3n) is 4.65. The van der Waals surface area contributed by atoms with E-state index in [-0.39, 0.29) is 24.5 Å². The van der Waals surface area contributed by atoms with E-state index in [2.05, 4.69) is 5.32 Å². The highest BCUT2D eigenvalue weighted by atomic mass is 16.5. The zero-order valence-corrected chi connectivity index (χ0v) is 16.9. The normalized spacial score (nSPS) is 11.6. The monoisotopic (exact) mass is 381 g/mol. The molecule has 148 valence electrons. The molecule has 1 N–H and O–H groups in total. The van der Waals surface area contributed by atoms with Gasteiger partial charge in [0.1, 0.15) is 0 Å². The van der Waals surface area contributed by atoms with E-state index in [4.69, 9.17) is 4.74 Å². The molecule has 28 heavy (non-hydrogen) atoms. The molecule has 1 unspecified atom stereocenters. The van der Waals surface area contributed by atoms with Crippen LogP contribution >= 0.6 is 0 Å². The number of amides is 1. The molecule has 0 fully saturated rings. The molecule has 0 aliphatic carbocycles. The van der Waals surface area contributed by atoms with E-state index in [0.29, 0.717) is 12.1 Å². The maximum absolute atomic E-state index is 12.2. The van der Waals surface area contributed by atoms with E-state index < -0.39 is 12.1 Å². The Kier molecular flexibility index (Phi) is 7.50. The lowest BCUT2D eigenvalue weighted by molar-refractivity contribution is -0.154. The first-order valence-corrected chi connectivity index (χ1v) is 9.39. The van der Waals surface area contributed by atoms with Crippen molar-refractivity contribution in [2.24, 2.45) is 0 Å². The number of carbonyl (C=O) groups is 3. The number of carbonyl (C=O) groups excluding carboxylic acids is 3. The summed E-state index contributed by atoms with van der Waals surface area (Å²) in [7, 11) is 0. The largest absolute Gasteiger partial charge is 0.453 e. The molecule has 1 amide bonds. The van der Waals surface area contributed by atoms with Gasteiger partial charge in [0.25, 0.3) is 5.91 Å². The van der Waals surface area contributed by atoms with Gasteiger partial charge in [-0.2, -0.15) is 0 Å². The summed E-state index contributed by atoms with van der Waals surface area (Å²) in [6.45, 7) is 7.80. The lowest BCUT2D eigenvalue weighted by Gasteiger charge is -2.13. The third-order valence-corrected chi connectivity index (χ3v) is 4.65. The Bertz CT molecular complexity index is 855. The van der Waals surface area contributed by atoms with Crippen LogP contribution in [0.4, 0.5) is 0 Å². The van der Waals surface area contributed by atoms with E-state index >= 15 is 0 Å². The number of hydrogen-bond donors (Lipinski definition) is 1. The zero-order valence-electron chi connectivity index (χ0n) is 16.9. The Hall–Kier alpha value is -2.95. The summed E-state index contributed by atoms with van der Waals surface area (Å²) in [5.41, 5.74) is 4.85. The van der Waals surface area contributed by atoms with Crippen molar-refractivity contribution in [1.82, 2.24) is 5.32 Å². The lowest BCUT2D eigenvalue weighted by Crippen LogP contribution is -2.35. The van der Waals surface area contributed by atoms with Crippen LogP contribution in [0.5, 0.6) is 0 Å². The minimum Gasteiger partial charge on any atom is -0.453 e. The molecule has 0 aliphatic heterocycles. The highest BCUT2D eigenvalue weighted by Gasteiger charge is 2.18. The number of rotatable bonds is 8. The molecule has 5 heteroatoms. The third kappa shape index (κ3) is 6.34. The van der Waals surface area contributed by atoms with Crippen LogP contribution in [0.15, 0.2) is 42.5 Å². The maximum atomic E-state index is 12.2. The van der Waals surface area contributed by atoms with Crippen LogP contribution in [0, 0.1) is 20.8 Å². The van der Waals surface area contributed by atoms with E-state index in [0.717, 1.165) is 22.3 Å². The first-order valence-electron chi connectivity index (χ1n) is 9.39. The number of ketones is 1. The number of aryl methyl sites for hydroxylation is 3. The van der Waals surface area contributed by atoms with Crippen molar-refractivity contribution in [1.29, 1.82) is 0 Å². The fourth-order valence-corrected chi connectivity index (χ4v) is 2.62. The molecule has 0 spiro atoms. The summed E-state index contributed by atoms with van der Waals surface area (Å²) in [5, 5.41) is 2.74. The molecule has 2 aromatic carbocycles. The number of nitrogens with one attached hydrogen (secondary N) is 1. The topological polar surface area (TPSA) is 72.5 Å². The molecule has 0 saturated heterocycles. The van der Waals surface area contributed by atoms with Crippen LogP contribution in [0.1, 0.15) is 52.4 Å². The molecular weight excluding hydrogens is 354 g/mol. The van der Waals surface area contributed by atoms with Crippen molar-refractivity contribution >= 4 is 17.7 Å². The van der Waals surface area contributed by atoms with E-state index in [1.807, 2.05) is 57.2 Å². The van der Waals surface area contributed by atoms with Gasteiger partial charge in [-0.15, -0.1) is 0 Å². The number of ether oxygens (including phenoxy) is 1. The van der Waals surface area contributed by atoms with Gasteiger partial charge >= 0.3 is 5.97 Å². The quantitative estimate of drug-likeness (QED) is 0.557. The van der Waals surface area contributed by atoms with Crippen LogP contribution in [-0.2, 0) is 20.9 Å². The zero-order chi connectivity index (χ0) is 20.7. The highest BCUT2D eigenvalue weighted by molar-refractivity contribution is 5.97. The Balaban J connectivity index is 1.76. The number of hydrogen-bond acceptors (Lipinski definition) is 4. The van der Waals surface area contributed by atoms with Gasteiger partial charge < -0.3 is 10.1 Å². The van der Waals surface area contributed by atoms with Crippen LogP contribution in [0.2, 0.25) is 0 Å². The second kappa shape index (κ2) is 9.83. The standard InChI is InChI=1S/C23H27NO4/c1-15-5-8-19(9-6-15)14-24-23(27)18(4)28-22(26)12-11-21(25)20-10-7-16(2)17(3)13-20/h5-10,13,18H,11-12,14H2,1-4H3,(H,24,27). The fraction of sp³-hybridized carbons (Fsp3) is 0.348. The van der Waals surface area contributed by atoms with E-state index in [9.17, 15) is 14.4 Å². The molecule has 0 aromatic heterocycles. The van der Waals surface area contributed by atoms with Crippen molar-refractivity contribution in [3.05, 3.63) is 70.3 Å². The van der Waals surface area contributed by atoms with Crippen molar-refractivity contribution in [2.75, 3.05) is 0 Å². The lowest BCUT2D eigenvalue weighted by atomic mass is 10.0. The van der Waals surface area contributed by atoms with Gasteiger partial charge in [-0.1, -0.05) is 42.0 Å². The number of Topliss-reactive ketones (excluding diaryl/α,β-unsaturated/α-hetero) is 1. The molecular formula is C23H27NO4. The summed E-state index contributed by atoms with van der Waals surface area (Å²) >= 11 is 0. The first-order chi connectivity index (χ1) is 13.3. The molecule has 0 bridgehead atoms. The van der Waals surface area contributed by atoms with Gasteiger partial charge in [0.2, 0.25) is 0 Å². The van der Waals surface area contributed by atoms with Gasteiger partial charge in [0.15, 0.2) is 11.9 Å². The second-order valence-corrected chi connectivity index (χ2v) is 7.06. The van der Waals surface area contributed by atoms with Gasteiger partial charge in [-0.05, 0) is 50.5 Å². The van der Waals surface area contributed by atoms with Crippen molar-refractivity contribution in [3.8, 4) is 0 Å². The Labute approximate surface area is 166 Å². The maximum Gasteiger partial charge on any atom is 0.307 e. The molecule has 0 radical (unpaired) electrons. The average molecular weight is 381 g/mol. The fourth-order valence-electron chi connectivity index (χ4n) is 2.62. The summed E-state index contributed by atoms with van der Waals surface area (Å²) in [6.07, 6.45) is -0.907. The second-order valence-electron chi connectivity index (χ2n) is 7.06. The Morgan fingerprint density at radius 2 is 1.61 bits per heavy atom. The first kappa shape index (κ1) is 21.4. The summed E-state index contributed by atoms with van der Waals surface area (Å²) in [4.78, 5) is 36.3. The summed E-state index contributed by atoms with van der Waals surface area (Å²) < 4.78 is 5.15. The van der Waals surface area contributed by atoms with Gasteiger partial charge in [-0.25, -0.2) is 0 Å². The summed E-state index contributed by atoms with van der Waals surface area (Å²) in [6, 6.07) is 13.3. The molecule has 0 aliphatic rings. The van der Waals surface area contributed by atoms with Crippen molar-refractivity contribution in [2.45, 2.75) is 53.2 Å². The molecule has 0 heterocycles. The predicted octanol–water partition coefficient (Wildman–Crippen LogP) is 3.82. The smallest absolute Gasteiger partial charge is 0.307 e. The van der Waals surface area contributed by atoms with Crippen LogP contribution < -0.4 is 5.32 Å².